The third-order valence-corrected chi connectivity index (χ3v) is 4.67. The third kappa shape index (κ3) is 2.98. The predicted octanol–water partition coefficient (Wildman–Crippen LogP) is 2.45. The lowest BCUT2D eigenvalue weighted by molar-refractivity contribution is 0.0779. The van der Waals surface area contributed by atoms with E-state index in [-0.39, 0.29) is 0 Å². The number of piperidine rings is 1. The molecule has 0 amide bonds. The Labute approximate surface area is 101 Å². The number of hydrogen-bond donors (Lipinski definition) is 0. The maximum atomic E-state index is 2.63. The van der Waals surface area contributed by atoms with E-state index in [0.29, 0.717) is 0 Å². The summed E-state index contributed by atoms with van der Waals surface area (Å²) in [7, 11) is 2.34. The Morgan fingerprint density at radius 2 is 1.81 bits per heavy atom. The zero-order valence-corrected chi connectivity index (χ0v) is 11.3. The summed E-state index contributed by atoms with van der Waals surface area (Å²) < 4.78 is 0. The van der Waals surface area contributed by atoms with Crippen molar-refractivity contribution in [2.45, 2.75) is 45.6 Å². The van der Waals surface area contributed by atoms with E-state index < -0.39 is 0 Å². The van der Waals surface area contributed by atoms with Crippen LogP contribution in [0.5, 0.6) is 0 Å². The van der Waals surface area contributed by atoms with E-state index in [1.165, 1.54) is 51.9 Å². The predicted molar refractivity (Wildman–Crippen MR) is 69.7 cm³/mol. The standard InChI is InChI=1S/C14H28N2/c1-4-16-7-5-13(6-8-16)11-15(3)14-9-12(2)10-14/h12-14H,4-11H2,1-3H3. The first-order valence-corrected chi connectivity index (χ1v) is 7.11. The van der Waals surface area contributed by atoms with Crippen molar-refractivity contribution in [3.05, 3.63) is 0 Å². The quantitative estimate of drug-likeness (QED) is 0.724. The van der Waals surface area contributed by atoms with Crippen LogP contribution in [0, 0.1) is 11.8 Å². The first-order chi connectivity index (χ1) is 7.69. The van der Waals surface area contributed by atoms with E-state index in [1.807, 2.05) is 0 Å². The van der Waals surface area contributed by atoms with Gasteiger partial charge in [0.05, 0.1) is 0 Å². The van der Waals surface area contributed by atoms with Gasteiger partial charge in [0.2, 0.25) is 0 Å². The average molecular weight is 224 g/mol. The Morgan fingerprint density at radius 1 is 1.19 bits per heavy atom. The molecule has 16 heavy (non-hydrogen) atoms. The minimum absolute atomic E-state index is 0.902. The molecule has 0 N–H and O–H groups in total. The Balaban J connectivity index is 1.66. The molecule has 0 aromatic heterocycles. The second-order valence-electron chi connectivity index (χ2n) is 6.05. The van der Waals surface area contributed by atoms with Crippen molar-refractivity contribution < 1.29 is 0 Å². The van der Waals surface area contributed by atoms with E-state index in [0.717, 1.165) is 17.9 Å². The third-order valence-electron chi connectivity index (χ3n) is 4.67. The van der Waals surface area contributed by atoms with E-state index in [4.69, 9.17) is 0 Å². The molecule has 1 heterocycles. The van der Waals surface area contributed by atoms with Gasteiger partial charge in [-0.15, -0.1) is 0 Å². The molecule has 0 aromatic carbocycles. The largest absolute Gasteiger partial charge is 0.304 e. The van der Waals surface area contributed by atoms with E-state index >= 15 is 0 Å². The zero-order chi connectivity index (χ0) is 11.5. The van der Waals surface area contributed by atoms with Gasteiger partial charge in [-0.2, -0.15) is 0 Å². The molecule has 2 aliphatic rings. The van der Waals surface area contributed by atoms with Crippen LogP contribution in [-0.4, -0.2) is 49.1 Å². The molecule has 0 unspecified atom stereocenters. The summed E-state index contributed by atoms with van der Waals surface area (Å²) in [6, 6.07) is 0.902. The molecule has 0 spiro atoms. The second kappa shape index (κ2) is 5.50. The minimum Gasteiger partial charge on any atom is -0.304 e. The fourth-order valence-electron chi connectivity index (χ4n) is 3.26. The monoisotopic (exact) mass is 224 g/mol. The van der Waals surface area contributed by atoms with Gasteiger partial charge in [0, 0.05) is 12.6 Å². The molecule has 2 heteroatoms. The van der Waals surface area contributed by atoms with Gasteiger partial charge in [-0.1, -0.05) is 13.8 Å². The molecule has 2 fully saturated rings. The Hall–Kier alpha value is -0.0800. The van der Waals surface area contributed by atoms with Gasteiger partial charge in [0.1, 0.15) is 0 Å². The minimum atomic E-state index is 0.902. The summed E-state index contributed by atoms with van der Waals surface area (Å²) in [5.41, 5.74) is 0. The van der Waals surface area contributed by atoms with Crippen LogP contribution >= 0.6 is 0 Å². The lowest BCUT2D eigenvalue weighted by atomic mass is 9.80. The average Bonchev–Trinajstić information content (AvgIpc) is 2.26. The van der Waals surface area contributed by atoms with E-state index in [2.05, 4.69) is 30.7 Å². The Morgan fingerprint density at radius 3 is 2.31 bits per heavy atom. The summed E-state index contributed by atoms with van der Waals surface area (Å²) in [6.07, 6.45) is 5.70. The van der Waals surface area contributed by atoms with Crippen molar-refractivity contribution in [1.29, 1.82) is 0 Å². The Kier molecular flexibility index (Phi) is 4.26. The SMILES string of the molecule is CCN1CCC(CN(C)C2CC(C)C2)CC1. The summed E-state index contributed by atoms with van der Waals surface area (Å²) in [4.78, 5) is 5.22. The van der Waals surface area contributed by atoms with Gasteiger partial charge in [0.25, 0.3) is 0 Å². The van der Waals surface area contributed by atoms with Gasteiger partial charge in [-0.05, 0) is 64.2 Å². The summed E-state index contributed by atoms with van der Waals surface area (Å²) >= 11 is 0. The van der Waals surface area contributed by atoms with Crippen LogP contribution in [0.3, 0.4) is 0 Å². The topological polar surface area (TPSA) is 6.48 Å². The smallest absolute Gasteiger partial charge is 0.00974 e. The molecule has 1 aliphatic carbocycles. The van der Waals surface area contributed by atoms with Crippen molar-refractivity contribution in [3.63, 3.8) is 0 Å². The first-order valence-electron chi connectivity index (χ1n) is 7.11. The molecule has 0 bridgehead atoms. The lowest BCUT2D eigenvalue weighted by Gasteiger charge is -2.42. The first kappa shape index (κ1) is 12.4. The maximum Gasteiger partial charge on any atom is 0.00974 e. The highest BCUT2D eigenvalue weighted by Crippen LogP contribution is 2.31. The molecule has 1 aliphatic heterocycles. The molecule has 2 nitrogen and oxygen atoms in total. The van der Waals surface area contributed by atoms with Crippen LogP contribution in [-0.2, 0) is 0 Å². The summed E-state index contributed by atoms with van der Waals surface area (Å²) in [6.45, 7) is 9.90. The van der Waals surface area contributed by atoms with E-state index in [1.54, 1.807) is 0 Å². The van der Waals surface area contributed by atoms with Crippen LogP contribution in [0.2, 0.25) is 0 Å². The highest BCUT2D eigenvalue weighted by molar-refractivity contribution is 4.85. The summed E-state index contributed by atoms with van der Waals surface area (Å²) in [5.74, 6) is 1.94. The molecule has 1 saturated carbocycles. The molecule has 2 rings (SSSR count). The zero-order valence-electron chi connectivity index (χ0n) is 11.3. The van der Waals surface area contributed by atoms with Crippen molar-refractivity contribution >= 4 is 0 Å². The van der Waals surface area contributed by atoms with Gasteiger partial charge in [-0.3, -0.25) is 0 Å². The van der Waals surface area contributed by atoms with Crippen molar-refractivity contribution in [3.8, 4) is 0 Å². The van der Waals surface area contributed by atoms with Gasteiger partial charge >= 0.3 is 0 Å². The number of nitrogens with zero attached hydrogens (tertiary/aromatic N) is 2. The highest BCUT2D eigenvalue weighted by atomic mass is 15.2. The van der Waals surface area contributed by atoms with Crippen molar-refractivity contribution in [2.75, 3.05) is 33.2 Å². The molecule has 0 aromatic rings. The second-order valence-corrected chi connectivity index (χ2v) is 6.05. The molecular formula is C14H28N2. The molecule has 0 radical (unpaired) electrons. The number of likely N-dealkylation sites (tertiary alicyclic amines) is 1. The van der Waals surface area contributed by atoms with Crippen LogP contribution in [0.1, 0.15) is 39.5 Å². The van der Waals surface area contributed by atoms with Crippen LogP contribution < -0.4 is 0 Å². The fourth-order valence-corrected chi connectivity index (χ4v) is 3.26. The molecular weight excluding hydrogens is 196 g/mol. The normalized spacial score (nSPS) is 33.0. The van der Waals surface area contributed by atoms with Crippen LogP contribution in [0.25, 0.3) is 0 Å². The van der Waals surface area contributed by atoms with Crippen molar-refractivity contribution in [2.24, 2.45) is 11.8 Å². The van der Waals surface area contributed by atoms with Gasteiger partial charge in [0.15, 0.2) is 0 Å². The van der Waals surface area contributed by atoms with Gasteiger partial charge in [-0.25, -0.2) is 0 Å². The lowest BCUT2D eigenvalue weighted by Crippen LogP contribution is -2.45. The van der Waals surface area contributed by atoms with E-state index in [9.17, 15) is 0 Å². The molecule has 1 saturated heterocycles. The van der Waals surface area contributed by atoms with Crippen LogP contribution in [0.15, 0.2) is 0 Å². The number of hydrogen-bond acceptors (Lipinski definition) is 2. The van der Waals surface area contributed by atoms with Crippen molar-refractivity contribution in [1.82, 2.24) is 9.80 Å². The Bertz CT molecular complexity index is 203. The number of rotatable bonds is 4. The molecule has 0 atom stereocenters. The fraction of sp³-hybridized carbons (Fsp3) is 1.00. The van der Waals surface area contributed by atoms with Gasteiger partial charge < -0.3 is 9.80 Å². The van der Waals surface area contributed by atoms with Crippen LogP contribution in [0.4, 0.5) is 0 Å². The summed E-state index contributed by atoms with van der Waals surface area (Å²) in [5, 5.41) is 0. The highest BCUT2D eigenvalue weighted by Gasteiger charge is 2.30. The molecule has 94 valence electrons. The maximum absolute atomic E-state index is 2.63.